The zero-order valence-corrected chi connectivity index (χ0v) is 20.8. The van der Waals surface area contributed by atoms with Gasteiger partial charge in [0.15, 0.2) is 0 Å². The van der Waals surface area contributed by atoms with Crippen molar-refractivity contribution in [2.24, 2.45) is 0 Å². The zero-order valence-electron chi connectivity index (χ0n) is 20.8. The van der Waals surface area contributed by atoms with E-state index in [9.17, 15) is 0 Å². The first-order valence-electron chi connectivity index (χ1n) is 12.7. The van der Waals surface area contributed by atoms with E-state index in [4.69, 9.17) is 15.0 Å². The summed E-state index contributed by atoms with van der Waals surface area (Å²) in [6.45, 7) is 2.07. The average Bonchev–Trinajstić information content (AvgIpc) is 2.97. The molecule has 0 unspecified atom stereocenters. The highest BCUT2D eigenvalue weighted by atomic mass is 15.0. The topological polar surface area (TPSA) is 90.2 Å². The van der Waals surface area contributed by atoms with Crippen LogP contribution in [-0.2, 0) is 19.3 Å². The highest BCUT2D eigenvalue weighted by Crippen LogP contribution is 2.28. The number of fused-ring (bicyclic) bond motifs is 6. The van der Waals surface area contributed by atoms with Crippen LogP contribution in [-0.4, -0.2) is 34.9 Å². The van der Waals surface area contributed by atoms with Crippen molar-refractivity contribution in [2.45, 2.75) is 26.2 Å². The fourth-order valence-corrected chi connectivity index (χ4v) is 5.17. The lowest BCUT2D eigenvalue weighted by Crippen LogP contribution is -2.09. The van der Waals surface area contributed by atoms with Crippen LogP contribution in [0.2, 0.25) is 0 Å². The van der Waals surface area contributed by atoms with E-state index in [-0.39, 0.29) is 0 Å². The molecule has 2 aromatic carbocycles. The maximum Gasteiger partial charge on any atom is 0.137 e. The van der Waals surface area contributed by atoms with Gasteiger partial charge < -0.3 is 0 Å². The molecule has 0 spiro atoms. The molecule has 0 saturated heterocycles. The molecule has 7 heteroatoms. The summed E-state index contributed by atoms with van der Waals surface area (Å²) in [7, 11) is 0. The predicted molar refractivity (Wildman–Crippen MR) is 149 cm³/mol. The number of pyridine rings is 4. The highest BCUT2D eigenvalue weighted by Gasteiger charge is 2.15. The predicted octanol–water partition coefficient (Wildman–Crippen LogP) is 5.81. The molecule has 0 aliphatic rings. The normalized spacial score (nSPS) is 11.6. The Morgan fingerprint density at radius 3 is 1.39 bits per heavy atom. The van der Waals surface area contributed by atoms with Crippen LogP contribution < -0.4 is 0 Å². The van der Waals surface area contributed by atoms with Crippen molar-refractivity contribution in [3.8, 4) is 0 Å². The Bertz CT molecular complexity index is 1840. The fourth-order valence-electron chi connectivity index (χ4n) is 5.17. The largest absolute Gasteiger partial charge is 0.254 e. The molecule has 0 atom stereocenters. The number of hydrogen-bond acceptors (Lipinski definition) is 7. The molecule has 0 radical (unpaired) electrons. The van der Waals surface area contributed by atoms with Crippen LogP contribution in [0.1, 0.15) is 35.5 Å². The molecule has 182 valence electrons. The SMILES string of the molecule is CCc1nc(Cc2cc3cccnc3c3ncccc23)nc(Cc2cc3cccnc3c3ncccc23)n1. The molecule has 0 aliphatic heterocycles. The van der Waals surface area contributed by atoms with Gasteiger partial charge in [-0.15, -0.1) is 0 Å². The Morgan fingerprint density at radius 1 is 0.500 bits per heavy atom. The third-order valence-corrected chi connectivity index (χ3v) is 6.88. The first-order chi connectivity index (χ1) is 18.8. The fraction of sp³-hybridized carbons (Fsp3) is 0.129. The molecule has 0 saturated carbocycles. The monoisotopic (exact) mass is 493 g/mol. The number of hydrogen-bond donors (Lipinski definition) is 0. The number of rotatable bonds is 5. The Morgan fingerprint density at radius 2 is 0.921 bits per heavy atom. The van der Waals surface area contributed by atoms with Crippen molar-refractivity contribution >= 4 is 43.6 Å². The molecule has 7 aromatic rings. The summed E-state index contributed by atoms with van der Waals surface area (Å²) in [6.07, 6.45) is 9.15. The first kappa shape index (κ1) is 22.3. The molecule has 7 nitrogen and oxygen atoms in total. The second kappa shape index (κ2) is 9.19. The van der Waals surface area contributed by atoms with E-state index in [0.29, 0.717) is 12.8 Å². The van der Waals surface area contributed by atoms with E-state index in [0.717, 1.165) is 78.6 Å². The molecule has 5 aromatic heterocycles. The number of nitrogens with zero attached hydrogens (tertiary/aromatic N) is 7. The molecule has 38 heavy (non-hydrogen) atoms. The van der Waals surface area contributed by atoms with Crippen molar-refractivity contribution in [3.05, 3.63) is 114 Å². The number of aromatic nitrogens is 7. The van der Waals surface area contributed by atoms with Gasteiger partial charge in [0.2, 0.25) is 0 Å². The lowest BCUT2D eigenvalue weighted by Gasteiger charge is -2.12. The van der Waals surface area contributed by atoms with E-state index in [1.807, 2.05) is 49.1 Å². The minimum atomic E-state index is 0.583. The molecule has 0 bridgehead atoms. The van der Waals surface area contributed by atoms with Gasteiger partial charge >= 0.3 is 0 Å². The van der Waals surface area contributed by atoms with Crippen molar-refractivity contribution in [1.29, 1.82) is 0 Å². The molecular formula is C31H23N7. The first-order valence-corrected chi connectivity index (χ1v) is 12.7. The van der Waals surface area contributed by atoms with Gasteiger partial charge in [-0.3, -0.25) is 19.9 Å². The summed E-state index contributed by atoms with van der Waals surface area (Å²) in [5, 5.41) is 4.25. The molecule has 0 N–H and O–H groups in total. The standard InChI is InChI=1S/C31H23N7/c1-2-25-36-26(17-21-15-19-7-3-11-32-28(19)30-23(21)9-5-13-34-30)38-27(37-25)18-22-16-20-8-4-12-33-29(20)31-24(22)10-6-14-35-31/h3-16H,2,17-18H2,1H3. The third kappa shape index (κ3) is 3.89. The Hall–Kier alpha value is -4.91. The molecule has 0 aliphatic carbocycles. The zero-order chi connectivity index (χ0) is 25.5. The minimum absolute atomic E-state index is 0.583. The van der Waals surface area contributed by atoms with Gasteiger partial charge in [-0.2, -0.15) is 0 Å². The smallest absolute Gasteiger partial charge is 0.137 e. The van der Waals surface area contributed by atoms with E-state index in [1.165, 1.54) is 0 Å². The van der Waals surface area contributed by atoms with Gasteiger partial charge in [0.1, 0.15) is 17.5 Å². The minimum Gasteiger partial charge on any atom is -0.254 e. The molecule has 0 fully saturated rings. The van der Waals surface area contributed by atoms with Crippen LogP contribution in [0.4, 0.5) is 0 Å². The van der Waals surface area contributed by atoms with Gasteiger partial charge in [0.25, 0.3) is 0 Å². The van der Waals surface area contributed by atoms with Crippen LogP contribution in [0.5, 0.6) is 0 Å². The summed E-state index contributed by atoms with van der Waals surface area (Å²) in [6, 6.07) is 20.5. The lowest BCUT2D eigenvalue weighted by atomic mass is 10.0. The second-order valence-electron chi connectivity index (χ2n) is 9.31. The maximum absolute atomic E-state index is 4.95. The van der Waals surface area contributed by atoms with E-state index < -0.39 is 0 Å². The van der Waals surface area contributed by atoms with Gasteiger partial charge in [-0.1, -0.05) is 31.2 Å². The van der Waals surface area contributed by atoms with Crippen molar-refractivity contribution in [2.75, 3.05) is 0 Å². The summed E-state index contributed by atoms with van der Waals surface area (Å²) >= 11 is 0. The summed E-state index contributed by atoms with van der Waals surface area (Å²) < 4.78 is 0. The van der Waals surface area contributed by atoms with Crippen LogP contribution in [0.3, 0.4) is 0 Å². The van der Waals surface area contributed by atoms with Gasteiger partial charge in [0, 0.05) is 65.6 Å². The van der Waals surface area contributed by atoms with Crippen LogP contribution >= 0.6 is 0 Å². The maximum atomic E-state index is 4.95. The summed E-state index contributed by atoms with van der Waals surface area (Å²) in [5.74, 6) is 2.30. The van der Waals surface area contributed by atoms with Crippen molar-refractivity contribution < 1.29 is 0 Å². The van der Waals surface area contributed by atoms with Crippen molar-refractivity contribution in [3.63, 3.8) is 0 Å². The quantitative estimate of drug-likeness (QED) is 0.280. The Balaban J connectivity index is 1.33. The molecule has 5 heterocycles. The van der Waals surface area contributed by atoms with Crippen LogP contribution in [0, 0.1) is 0 Å². The van der Waals surface area contributed by atoms with E-state index in [2.05, 4.69) is 63.3 Å². The molecular weight excluding hydrogens is 470 g/mol. The Labute approximate surface area is 218 Å². The molecule has 7 rings (SSSR count). The summed E-state index contributed by atoms with van der Waals surface area (Å²) in [4.78, 5) is 33.0. The van der Waals surface area contributed by atoms with Crippen LogP contribution in [0.15, 0.2) is 85.5 Å². The van der Waals surface area contributed by atoms with Crippen LogP contribution in [0.25, 0.3) is 43.6 Å². The van der Waals surface area contributed by atoms with Gasteiger partial charge in [-0.25, -0.2) is 15.0 Å². The van der Waals surface area contributed by atoms with Gasteiger partial charge in [0.05, 0.1) is 22.1 Å². The Kier molecular flexibility index (Phi) is 5.39. The van der Waals surface area contributed by atoms with E-state index >= 15 is 0 Å². The average molecular weight is 494 g/mol. The van der Waals surface area contributed by atoms with Crippen molar-refractivity contribution in [1.82, 2.24) is 34.9 Å². The van der Waals surface area contributed by atoms with Gasteiger partial charge in [-0.05, 0) is 47.5 Å². The molecule has 0 amide bonds. The summed E-state index contributed by atoms with van der Waals surface area (Å²) in [5.41, 5.74) is 5.86. The lowest BCUT2D eigenvalue weighted by molar-refractivity contribution is 0.790. The third-order valence-electron chi connectivity index (χ3n) is 6.88. The number of aryl methyl sites for hydroxylation is 1. The second-order valence-corrected chi connectivity index (χ2v) is 9.31. The highest BCUT2D eigenvalue weighted by molar-refractivity contribution is 6.05. The van der Waals surface area contributed by atoms with E-state index in [1.54, 1.807) is 0 Å². The number of benzene rings is 2.